The van der Waals surface area contributed by atoms with E-state index >= 15 is 0 Å². The van der Waals surface area contributed by atoms with Crippen molar-refractivity contribution in [2.45, 2.75) is 31.5 Å². The first-order valence-electron chi connectivity index (χ1n) is 5.36. The number of ether oxygens (including phenoxy) is 1. The molecule has 4 heteroatoms. The predicted octanol–water partition coefficient (Wildman–Crippen LogP) is 1.29. The SMILES string of the molecule is C=C1CCN2C[C@H](F)C[C@]12C(=O)OCC. The molecule has 2 heterocycles. The van der Waals surface area contributed by atoms with Crippen LogP contribution in [0.1, 0.15) is 19.8 Å². The second-order valence-corrected chi connectivity index (χ2v) is 4.18. The van der Waals surface area contributed by atoms with E-state index in [-0.39, 0.29) is 12.4 Å². The zero-order valence-corrected chi connectivity index (χ0v) is 8.96. The fourth-order valence-corrected chi connectivity index (χ4v) is 2.64. The Bertz CT molecular complexity index is 305. The van der Waals surface area contributed by atoms with Gasteiger partial charge in [-0.2, -0.15) is 0 Å². The number of rotatable bonds is 2. The summed E-state index contributed by atoms with van der Waals surface area (Å²) in [5, 5.41) is 0. The molecule has 0 amide bonds. The van der Waals surface area contributed by atoms with Crippen LogP contribution in [-0.2, 0) is 9.53 Å². The number of alkyl halides is 1. The molecule has 0 spiro atoms. The van der Waals surface area contributed by atoms with Crippen molar-refractivity contribution in [2.75, 3.05) is 19.7 Å². The molecule has 2 rings (SSSR count). The van der Waals surface area contributed by atoms with Gasteiger partial charge >= 0.3 is 5.97 Å². The molecule has 0 saturated carbocycles. The Labute approximate surface area is 88.9 Å². The average molecular weight is 213 g/mol. The monoisotopic (exact) mass is 213 g/mol. The highest BCUT2D eigenvalue weighted by molar-refractivity contribution is 5.86. The van der Waals surface area contributed by atoms with Crippen LogP contribution < -0.4 is 0 Å². The molecule has 2 aliphatic heterocycles. The van der Waals surface area contributed by atoms with Crippen LogP contribution in [0.2, 0.25) is 0 Å². The summed E-state index contributed by atoms with van der Waals surface area (Å²) in [6, 6.07) is 0. The molecule has 0 aromatic rings. The molecule has 0 radical (unpaired) electrons. The Kier molecular flexibility index (Phi) is 2.54. The van der Waals surface area contributed by atoms with Gasteiger partial charge in [0, 0.05) is 19.5 Å². The molecule has 0 aliphatic carbocycles. The van der Waals surface area contributed by atoms with Crippen molar-refractivity contribution < 1.29 is 13.9 Å². The molecule has 0 bridgehead atoms. The van der Waals surface area contributed by atoms with Gasteiger partial charge in [-0.3, -0.25) is 4.90 Å². The third kappa shape index (κ3) is 1.39. The lowest BCUT2D eigenvalue weighted by atomic mass is 9.89. The first-order valence-corrected chi connectivity index (χ1v) is 5.36. The number of carbonyl (C=O) groups is 1. The molecule has 2 atom stereocenters. The maximum Gasteiger partial charge on any atom is 0.330 e. The number of hydrogen-bond acceptors (Lipinski definition) is 3. The summed E-state index contributed by atoms with van der Waals surface area (Å²) in [6.45, 7) is 7.04. The molecule has 0 aromatic carbocycles. The molecule has 3 nitrogen and oxygen atoms in total. The van der Waals surface area contributed by atoms with Crippen molar-refractivity contribution in [3.63, 3.8) is 0 Å². The molecule has 0 unspecified atom stereocenters. The van der Waals surface area contributed by atoms with Gasteiger partial charge in [0.25, 0.3) is 0 Å². The van der Waals surface area contributed by atoms with Crippen LogP contribution in [0.4, 0.5) is 4.39 Å². The van der Waals surface area contributed by atoms with E-state index in [0.29, 0.717) is 13.2 Å². The highest BCUT2D eigenvalue weighted by Crippen LogP contribution is 2.43. The summed E-state index contributed by atoms with van der Waals surface area (Å²) in [7, 11) is 0. The lowest BCUT2D eigenvalue weighted by molar-refractivity contribution is -0.152. The molecule has 2 fully saturated rings. The van der Waals surface area contributed by atoms with Crippen molar-refractivity contribution >= 4 is 5.97 Å². The molecule has 2 saturated heterocycles. The molecular formula is C11H16FNO2. The lowest BCUT2D eigenvalue weighted by Crippen LogP contribution is -2.47. The lowest BCUT2D eigenvalue weighted by Gasteiger charge is -2.29. The summed E-state index contributed by atoms with van der Waals surface area (Å²) in [5.41, 5.74) is -0.0452. The fourth-order valence-electron chi connectivity index (χ4n) is 2.64. The Morgan fingerprint density at radius 3 is 3.20 bits per heavy atom. The first-order chi connectivity index (χ1) is 7.11. The second kappa shape index (κ2) is 3.59. The van der Waals surface area contributed by atoms with Crippen molar-refractivity contribution in [1.29, 1.82) is 0 Å². The van der Waals surface area contributed by atoms with E-state index in [2.05, 4.69) is 6.58 Å². The second-order valence-electron chi connectivity index (χ2n) is 4.18. The molecule has 84 valence electrons. The van der Waals surface area contributed by atoms with E-state index in [1.165, 1.54) is 0 Å². The third-order valence-electron chi connectivity index (χ3n) is 3.36. The van der Waals surface area contributed by atoms with Gasteiger partial charge in [0.1, 0.15) is 11.7 Å². The molecule has 15 heavy (non-hydrogen) atoms. The Morgan fingerprint density at radius 1 is 1.80 bits per heavy atom. The smallest absolute Gasteiger partial charge is 0.330 e. The number of esters is 1. The number of nitrogens with zero attached hydrogens (tertiary/aromatic N) is 1. The minimum atomic E-state index is -0.938. The van der Waals surface area contributed by atoms with Gasteiger partial charge in [-0.25, -0.2) is 9.18 Å². The van der Waals surface area contributed by atoms with Crippen LogP contribution in [0.5, 0.6) is 0 Å². The van der Waals surface area contributed by atoms with E-state index < -0.39 is 11.7 Å². The zero-order valence-electron chi connectivity index (χ0n) is 8.96. The summed E-state index contributed by atoms with van der Waals surface area (Å²) in [4.78, 5) is 13.8. The highest BCUT2D eigenvalue weighted by Gasteiger charge is 2.57. The van der Waals surface area contributed by atoms with Crippen molar-refractivity contribution in [2.24, 2.45) is 0 Å². The van der Waals surface area contributed by atoms with Crippen LogP contribution in [0.25, 0.3) is 0 Å². The minimum absolute atomic E-state index is 0.213. The van der Waals surface area contributed by atoms with Gasteiger partial charge < -0.3 is 4.74 Å². The van der Waals surface area contributed by atoms with Gasteiger partial charge in [-0.05, 0) is 18.9 Å². The van der Waals surface area contributed by atoms with E-state index in [4.69, 9.17) is 4.74 Å². The quantitative estimate of drug-likeness (QED) is 0.511. The van der Waals surface area contributed by atoms with Gasteiger partial charge in [0.2, 0.25) is 0 Å². The molecule has 2 aliphatic rings. The van der Waals surface area contributed by atoms with Gasteiger partial charge in [0.15, 0.2) is 0 Å². The Hall–Kier alpha value is -0.900. The van der Waals surface area contributed by atoms with E-state index in [9.17, 15) is 9.18 Å². The van der Waals surface area contributed by atoms with E-state index in [1.54, 1.807) is 6.92 Å². The van der Waals surface area contributed by atoms with Crippen LogP contribution in [0.3, 0.4) is 0 Å². The Balaban J connectivity index is 2.28. The standard InChI is InChI=1S/C11H16FNO2/c1-3-15-10(14)11-6-9(12)7-13(11)5-4-8(11)2/h9H,2-7H2,1H3/t9-,11-/m1/s1. The molecule has 0 N–H and O–H groups in total. The maximum atomic E-state index is 13.4. The first kappa shape index (κ1) is 10.6. The summed E-state index contributed by atoms with van der Waals surface area (Å²) >= 11 is 0. The van der Waals surface area contributed by atoms with Gasteiger partial charge in [-0.1, -0.05) is 6.58 Å². The summed E-state index contributed by atoms with van der Waals surface area (Å²) < 4.78 is 18.4. The predicted molar refractivity (Wildman–Crippen MR) is 54.2 cm³/mol. The average Bonchev–Trinajstić information content (AvgIpc) is 2.65. The fraction of sp³-hybridized carbons (Fsp3) is 0.727. The zero-order chi connectivity index (χ0) is 11.1. The van der Waals surface area contributed by atoms with Crippen LogP contribution in [-0.4, -0.2) is 42.3 Å². The van der Waals surface area contributed by atoms with Crippen LogP contribution in [0.15, 0.2) is 12.2 Å². The van der Waals surface area contributed by atoms with E-state index in [0.717, 1.165) is 18.5 Å². The molecular weight excluding hydrogens is 197 g/mol. The van der Waals surface area contributed by atoms with Crippen LogP contribution >= 0.6 is 0 Å². The van der Waals surface area contributed by atoms with E-state index in [1.807, 2.05) is 4.90 Å². The van der Waals surface area contributed by atoms with Crippen molar-refractivity contribution in [1.82, 2.24) is 4.90 Å². The minimum Gasteiger partial charge on any atom is -0.464 e. The third-order valence-corrected chi connectivity index (χ3v) is 3.36. The number of carbonyl (C=O) groups excluding carboxylic acids is 1. The number of hydrogen-bond donors (Lipinski definition) is 0. The Morgan fingerprint density at radius 2 is 2.53 bits per heavy atom. The summed E-state index contributed by atoms with van der Waals surface area (Å²) in [6.07, 6.45) is 0.0439. The van der Waals surface area contributed by atoms with Crippen molar-refractivity contribution in [3.05, 3.63) is 12.2 Å². The van der Waals surface area contributed by atoms with Gasteiger partial charge in [-0.15, -0.1) is 0 Å². The highest BCUT2D eigenvalue weighted by atomic mass is 19.1. The molecule has 0 aromatic heterocycles. The topological polar surface area (TPSA) is 29.5 Å². The maximum absolute atomic E-state index is 13.4. The van der Waals surface area contributed by atoms with Crippen molar-refractivity contribution in [3.8, 4) is 0 Å². The summed E-state index contributed by atoms with van der Waals surface area (Å²) in [5.74, 6) is -0.326. The van der Waals surface area contributed by atoms with Crippen LogP contribution in [0, 0.1) is 0 Å². The number of halogens is 1. The van der Waals surface area contributed by atoms with Gasteiger partial charge in [0.05, 0.1) is 6.61 Å². The number of fused-ring (bicyclic) bond motifs is 1. The largest absolute Gasteiger partial charge is 0.464 e. The normalized spacial score (nSPS) is 35.6.